The topological polar surface area (TPSA) is 0 Å². The molecule has 0 N–H and O–H groups in total. The van der Waals surface area contributed by atoms with E-state index in [1.165, 1.54) is 12.1 Å². The average Bonchev–Trinajstić information content (AvgIpc) is 2.69. The number of halogens is 4. The Balaban J connectivity index is 2.00. The van der Waals surface area contributed by atoms with Crippen LogP contribution in [0.1, 0.15) is 68.2 Å². The Morgan fingerprint density at radius 2 is 1.36 bits per heavy atom. The molecule has 2 rings (SSSR count). The third-order valence-electron chi connectivity index (χ3n) is 4.85. The number of allylic oxidation sites excluding steroid dienone is 1. The predicted octanol–water partition coefficient (Wildman–Crippen LogP) is 7.89. The average molecular weight is 392 g/mol. The van der Waals surface area contributed by atoms with Crippen LogP contribution in [0.15, 0.2) is 42.2 Å². The lowest BCUT2D eigenvalue weighted by atomic mass is 10.00. The van der Waals surface area contributed by atoms with Crippen LogP contribution < -0.4 is 0 Å². The SMILES string of the molecule is CCCCC/C(F)=C(\F)c1ccc(CCc2cc(F)c(CCC)c(F)c2)cc1. The van der Waals surface area contributed by atoms with Gasteiger partial charge in [-0.3, -0.25) is 0 Å². The highest BCUT2D eigenvalue weighted by Gasteiger charge is 2.11. The summed E-state index contributed by atoms with van der Waals surface area (Å²) in [5.41, 5.74) is 1.85. The molecule has 0 aromatic heterocycles. The summed E-state index contributed by atoms with van der Waals surface area (Å²) in [6.07, 6.45) is 4.70. The minimum absolute atomic E-state index is 0.118. The Morgan fingerprint density at radius 1 is 0.750 bits per heavy atom. The van der Waals surface area contributed by atoms with E-state index in [0.29, 0.717) is 37.7 Å². The fraction of sp³-hybridized carbons (Fsp3) is 0.417. The standard InChI is InChI=1S/C24H28F4/c1-3-5-6-8-21(25)24(28)19-13-11-17(12-14-19)9-10-18-15-22(26)20(7-4-2)23(27)16-18/h11-16H,3-10H2,1-2H3/b24-21+. The maximum Gasteiger partial charge on any atom is 0.161 e. The first-order valence-electron chi connectivity index (χ1n) is 10.1. The Labute approximate surface area is 165 Å². The van der Waals surface area contributed by atoms with Gasteiger partial charge in [-0.25, -0.2) is 17.6 Å². The van der Waals surface area contributed by atoms with Gasteiger partial charge in [-0.1, -0.05) is 57.4 Å². The molecule has 4 heteroatoms. The van der Waals surface area contributed by atoms with Crippen molar-refractivity contribution in [2.45, 2.75) is 65.2 Å². The van der Waals surface area contributed by atoms with Crippen LogP contribution in [0, 0.1) is 11.6 Å². The summed E-state index contributed by atoms with van der Waals surface area (Å²) in [4.78, 5) is 0. The fourth-order valence-electron chi connectivity index (χ4n) is 3.19. The highest BCUT2D eigenvalue weighted by Crippen LogP contribution is 2.26. The molecule has 0 aliphatic rings. The van der Waals surface area contributed by atoms with Gasteiger partial charge in [0.05, 0.1) is 0 Å². The van der Waals surface area contributed by atoms with Crippen LogP contribution in [0.2, 0.25) is 0 Å². The summed E-state index contributed by atoms with van der Waals surface area (Å²) < 4.78 is 56.1. The van der Waals surface area contributed by atoms with Gasteiger partial charge in [0.15, 0.2) is 5.83 Å². The van der Waals surface area contributed by atoms with E-state index in [0.717, 1.165) is 18.4 Å². The van der Waals surface area contributed by atoms with Crippen LogP contribution in [0.5, 0.6) is 0 Å². The molecule has 0 spiro atoms. The first kappa shape index (κ1) is 22.2. The molecule has 0 nitrogen and oxygen atoms in total. The summed E-state index contributed by atoms with van der Waals surface area (Å²) >= 11 is 0. The number of aryl methyl sites for hydroxylation is 2. The predicted molar refractivity (Wildman–Crippen MR) is 107 cm³/mol. The third kappa shape index (κ3) is 6.22. The van der Waals surface area contributed by atoms with E-state index in [1.807, 2.05) is 13.8 Å². The van der Waals surface area contributed by atoms with Gasteiger partial charge in [0.1, 0.15) is 17.5 Å². The Kier molecular flexibility index (Phi) is 8.75. The second kappa shape index (κ2) is 11.0. The number of hydrogen-bond acceptors (Lipinski definition) is 0. The van der Waals surface area contributed by atoms with E-state index >= 15 is 0 Å². The van der Waals surface area contributed by atoms with Crippen LogP contribution in [0.25, 0.3) is 5.83 Å². The quantitative estimate of drug-likeness (QED) is 0.285. The van der Waals surface area contributed by atoms with E-state index in [-0.39, 0.29) is 17.5 Å². The molecule has 0 saturated heterocycles. The van der Waals surface area contributed by atoms with E-state index in [2.05, 4.69) is 0 Å². The van der Waals surface area contributed by atoms with Gasteiger partial charge in [0.25, 0.3) is 0 Å². The molecule has 0 amide bonds. The van der Waals surface area contributed by atoms with Gasteiger partial charge < -0.3 is 0 Å². The molecule has 2 aromatic carbocycles. The maximum absolute atomic E-state index is 14.1. The van der Waals surface area contributed by atoms with Crippen molar-refractivity contribution in [3.63, 3.8) is 0 Å². The normalized spacial score (nSPS) is 12.2. The van der Waals surface area contributed by atoms with Crippen molar-refractivity contribution in [3.05, 3.63) is 76.1 Å². The number of hydrogen-bond donors (Lipinski definition) is 0. The van der Waals surface area contributed by atoms with Gasteiger partial charge in [-0.15, -0.1) is 0 Å². The maximum atomic E-state index is 14.1. The van der Waals surface area contributed by atoms with Crippen molar-refractivity contribution >= 4 is 5.83 Å². The summed E-state index contributed by atoms with van der Waals surface area (Å²) in [5, 5.41) is 0. The molecule has 28 heavy (non-hydrogen) atoms. The summed E-state index contributed by atoms with van der Waals surface area (Å²) in [6, 6.07) is 9.33. The highest BCUT2D eigenvalue weighted by molar-refractivity contribution is 5.61. The van der Waals surface area contributed by atoms with Crippen LogP contribution in [0.3, 0.4) is 0 Å². The van der Waals surface area contributed by atoms with Crippen molar-refractivity contribution in [3.8, 4) is 0 Å². The molecule has 0 aliphatic heterocycles. The van der Waals surface area contributed by atoms with E-state index in [1.54, 1.807) is 24.3 Å². The lowest BCUT2D eigenvalue weighted by Crippen LogP contribution is -2.00. The zero-order chi connectivity index (χ0) is 20.5. The van der Waals surface area contributed by atoms with Gasteiger partial charge in [-0.05, 0) is 48.9 Å². The largest absolute Gasteiger partial charge is 0.209 e. The van der Waals surface area contributed by atoms with Crippen LogP contribution in [0.4, 0.5) is 17.6 Å². The molecule has 0 radical (unpaired) electrons. The smallest absolute Gasteiger partial charge is 0.161 e. The van der Waals surface area contributed by atoms with Crippen molar-refractivity contribution < 1.29 is 17.6 Å². The van der Waals surface area contributed by atoms with Crippen LogP contribution >= 0.6 is 0 Å². The first-order valence-corrected chi connectivity index (χ1v) is 10.1. The summed E-state index contributed by atoms with van der Waals surface area (Å²) in [7, 11) is 0. The minimum Gasteiger partial charge on any atom is -0.209 e. The Hall–Kier alpha value is -2.10. The summed E-state index contributed by atoms with van der Waals surface area (Å²) in [6.45, 7) is 3.89. The summed E-state index contributed by atoms with van der Waals surface area (Å²) in [5.74, 6) is -2.52. The molecule has 0 aliphatic carbocycles. The van der Waals surface area contributed by atoms with Crippen LogP contribution in [-0.4, -0.2) is 0 Å². The molecule has 0 saturated carbocycles. The van der Waals surface area contributed by atoms with Gasteiger partial charge in [-0.2, -0.15) is 0 Å². The highest BCUT2D eigenvalue weighted by atomic mass is 19.2. The molecule has 0 heterocycles. The minimum atomic E-state index is -0.807. The number of rotatable bonds is 10. The number of benzene rings is 2. The van der Waals surface area contributed by atoms with Crippen molar-refractivity contribution in [1.29, 1.82) is 0 Å². The molecule has 152 valence electrons. The zero-order valence-electron chi connectivity index (χ0n) is 16.6. The van der Waals surface area contributed by atoms with Gasteiger partial charge in [0.2, 0.25) is 0 Å². The van der Waals surface area contributed by atoms with E-state index in [4.69, 9.17) is 0 Å². The second-order valence-corrected chi connectivity index (χ2v) is 7.16. The van der Waals surface area contributed by atoms with Crippen molar-refractivity contribution in [2.75, 3.05) is 0 Å². The van der Waals surface area contributed by atoms with Crippen LogP contribution in [-0.2, 0) is 19.3 Å². The number of unbranched alkanes of at least 4 members (excludes halogenated alkanes) is 2. The lowest BCUT2D eigenvalue weighted by molar-refractivity contribution is 0.541. The van der Waals surface area contributed by atoms with Crippen molar-refractivity contribution in [2.24, 2.45) is 0 Å². The molecule has 0 bridgehead atoms. The molecular formula is C24H28F4. The fourth-order valence-corrected chi connectivity index (χ4v) is 3.19. The second-order valence-electron chi connectivity index (χ2n) is 7.16. The molecule has 0 atom stereocenters. The van der Waals surface area contributed by atoms with E-state index < -0.39 is 23.3 Å². The molecule has 0 fully saturated rings. The Bertz CT molecular complexity index is 768. The third-order valence-corrected chi connectivity index (χ3v) is 4.85. The van der Waals surface area contributed by atoms with Gasteiger partial charge in [0, 0.05) is 17.5 Å². The molecule has 2 aromatic rings. The monoisotopic (exact) mass is 392 g/mol. The van der Waals surface area contributed by atoms with Gasteiger partial charge >= 0.3 is 0 Å². The van der Waals surface area contributed by atoms with Crippen molar-refractivity contribution in [1.82, 2.24) is 0 Å². The van der Waals surface area contributed by atoms with E-state index in [9.17, 15) is 17.6 Å². The zero-order valence-corrected chi connectivity index (χ0v) is 16.6. The molecular weight excluding hydrogens is 364 g/mol. The first-order chi connectivity index (χ1) is 13.5. The lowest BCUT2D eigenvalue weighted by Gasteiger charge is -2.08. The molecule has 0 unspecified atom stereocenters. The Morgan fingerprint density at radius 3 is 1.93 bits per heavy atom.